The summed E-state index contributed by atoms with van der Waals surface area (Å²) >= 11 is 0. The molecule has 0 radical (unpaired) electrons. The van der Waals surface area contributed by atoms with Crippen LogP contribution in [0.15, 0.2) is 97.9 Å². The number of aryl methyl sites for hydroxylation is 1. The molecule has 220 valence electrons. The van der Waals surface area contributed by atoms with Crippen LogP contribution in [0, 0.1) is 0 Å². The number of nitrogens with one attached hydrogen (secondary N) is 2. The number of hydrogen-bond donors (Lipinski definition) is 2. The first-order valence-electron chi connectivity index (χ1n) is 14.1. The lowest BCUT2D eigenvalue weighted by atomic mass is 9.94. The molecular formula is C34H30N6O4. The number of imidazole rings is 1. The van der Waals surface area contributed by atoms with Crippen molar-refractivity contribution in [2.45, 2.75) is 12.8 Å². The van der Waals surface area contributed by atoms with E-state index in [0.29, 0.717) is 34.9 Å². The third-order valence-electron chi connectivity index (χ3n) is 7.30. The van der Waals surface area contributed by atoms with Crippen molar-refractivity contribution in [1.82, 2.24) is 19.5 Å². The topological polar surface area (TPSA) is 120 Å². The van der Waals surface area contributed by atoms with E-state index in [1.165, 1.54) is 24.6 Å². The number of fused-ring (bicyclic) bond motifs is 1. The molecule has 10 nitrogen and oxygen atoms in total. The van der Waals surface area contributed by atoms with Gasteiger partial charge in [0.05, 0.1) is 19.0 Å². The number of aromatic nitrogens is 4. The first kappa shape index (κ1) is 28.5. The molecule has 0 amide bonds. The second-order valence-corrected chi connectivity index (χ2v) is 10.2. The van der Waals surface area contributed by atoms with Gasteiger partial charge in [-0.3, -0.25) is 9.59 Å². The van der Waals surface area contributed by atoms with Crippen LogP contribution in [0.4, 0.5) is 22.9 Å². The van der Waals surface area contributed by atoms with Crippen LogP contribution < -0.4 is 15.4 Å². The summed E-state index contributed by atoms with van der Waals surface area (Å²) in [5.41, 5.74) is 5.82. The maximum atomic E-state index is 13.0. The van der Waals surface area contributed by atoms with E-state index in [1.54, 1.807) is 26.7 Å². The number of methoxy groups -OCH3 is 2. The van der Waals surface area contributed by atoms with Crippen LogP contribution in [-0.2, 0) is 20.7 Å². The van der Waals surface area contributed by atoms with Crippen LogP contribution in [0.1, 0.15) is 17.5 Å². The van der Waals surface area contributed by atoms with Gasteiger partial charge in [-0.25, -0.2) is 15.0 Å². The largest absolute Gasteiger partial charge is 0.496 e. The van der Waals surface area contributed by atoms with Crippen molar-refractivity contribution in [1.29, 1.82) is 0 Å². The van der Waals surface area contributed by atoms with Crippen molar-refractivity contribution >= 4 is 50.9 Å². The lowest BCUT2D eigenvalue weighted by Crippen LogP contribution is -2.09. The average Bonchev–Trinajstić information content (AvgIpc) is 3.59. The monoisotopic (exact) mass is 586 g/mol. The highest BCUT2D eigenvalue weighted by atomic mass is 16.5. The molecule has 2 aromatic heterocycles. The number of carbonyl (C=O) groups excluding carboxylic acids is 2. The van der Waals surface area contributed by atoms with Gasteiger partial charge in [0.1, 0.15) is 17.9 Å². The number of rotatable bonds is 11. The highest BCUT2D eigenvalue weighted by Gasteiger charge is 2.20. The molecule has 44 heavy (non-hydrogen) atoms. The van der Waals surface area contributed by atoms with E-state index in [1.807, 2.05) is 65.4 Å². The Kier molecular flexibility index (Phi) is 8.24. The van der Waals surface area contributed by atoms with Crippen LogP contribution >= 0.6 is 0 Å². The Labute approximate surface area is 254 Å². The Morgan fingerprint density at radius 2 is 1.75 bits per heavy atom. The van der Waals surface area contributed by atoms with E-state index < -0.39 is 0 Å². The number of benzene rings is 3. The van der Waals surface area contributed by atoms with Gasteiger partial charge in [-0.05, 0) is 91.2 Å². The highest BCUT2D eigenvalue weighted by Crippen LogP contribution is 2.35. The second kappa shape index (κ2) is 12.7. The molecule has 1 aliphatic carbocycles. The molecule has 0 aliphatic heterocycles. The van der Waals surface area contributed by atoms with Crippen LogP contribution in [0.25, 0.3) is 22.2 Å². The fourth-order valence-electron chi connectivity index (χ4n) is 5.11. The van der Waals surface area contributed by atoms with Crippen LogP contribution in [-0.4, -0.2) is 51.9 Å². The summed E-state index contributed by atoms with van der Waals surface area (Å²) in [5.74, 6) is 0.828. The summed E-state index contributed by atoms with van der Waals surface area (Å²) in [4.78, 5) is 38.4. The molecule has 2 N–H and O–H groups in total. The van der Waals surface area contributed by atoms with E-state index >= 15 is 0 Å². The molecular weight excluding hydrogens is 556 g/mol. The standard InChI is InChI=1S/C34H30N6O4/c1-43-15-3-4-22-16-31-29(19-33(22)44-2)34(37-20-36-31)39-24-7-11-30(27(17-24)28-18-26(41)10-12-32(28)42)38-23-5-8-25(9-6-23)40-14-13-35-21-40/h5-14,16-21,38H,3-4,15H2,1-2H3,(H,36,37,39). The minimum Gasteiger partial charge on any atom is -0.496 e. The summed E-state index contributed by atoms with van der Waals surface area (Å²) in [5, 5.41) is 7.58. The van der Waals surface area contributed by atoms with Crippen molar-refractivity contribution in [3.05, 3.63) is 109 Å². The second-order valence-electron chi connectivity index (χ2n) is 10.2. The van der Waals surface area contributed by atoms with Gasteiger partial charge in [-0.2, -0.15) is 0 Å². The molecule has 5 aromatic rings. The number of anilines is 4. The van der Waals surface area contributed by atoms with Crippen molar-refractivity contribution in [2.75, 3.05) is 31.5 Å². The third-order valence-corrected chi connectivity index (χ3v) is 7.30. The maximum absolute atomic E-state index is 13.0. The Hall–Kier alpha value is -5.61. The number of nitrogens with zero attached hydrogens (tertiary/aromatic N) is 4. The number of hydrogen-bond acceptors (Lipinski definition) is 9. The highest BCUT2D eigenvalue weighted by molar-refractivity contribution is 6.34. The zero-order chi connectivity index (χ0) is 30.5. The molecule has 0 bridgehead atoms. The van der Waals surface area contributed by atoms with Crippen molar-refractivity contribution < 1.29 is 19.1 Å². The first-order chi connectivity index (χ1) is 21.5. The summed E-state index contributed by atoms with van der Waals surface area (Å²) in [6.07, 6.45) is 12.4. The minimum atomic E-state index is -0.251. The zero-order valence-electron chi connectivity index (χ0n) is 24.3. The van der Waals surface area contributed by atoms with E-state index in [9.17, 15) is 9.59 Å². The molecule has 10 heteroatoms. The van der Waals surface area contributed by atoms with Crippen LogP contribution in [0.2, 0.25) is 0 Å². The minimum absolute atomic E-state index is 0.246. The fourth-order valence-corrected chi connectivity index (χ4v) is 5.11. The predicted molar refractivity (Wildman–Crippen MR) is 170 cm³/mol. The SMILES string of the molecule is COCCCc1cc2ncnc(Nc3ccc(Nc4ccc(-n5ccnc5)cc4)c(C4=CC(=O)C=CC4=O)c3)c2cc1OC. The molecule has 0 atom stereocenters. The Bertz CT molecular complexity index is 1900. The average molecular weight is 587 g/mol. The molecule has 0 saturated carbocycles. The number of carbonyl (C=O) groups is 2. The third kappa shape index (κ3) is 6.11. The molecule has 2 heterocycles. The predicted octanol–water partition coefficient (Wildman–Crippen LogP) is 5.98. The van der Waals surface area contributed by atoms with Crippen molar-refractivity contribution in [2.24, 2.45) is 0 Å². The molecule has 6 rings (SSSR count). The van der Waals surface area contributed by atoms with E-state index in [0.717, 1.165) is 46.4 Å². The maximum Gasteiger partial charge on any atom is 0.186 e. The number of ketones is 2. The van der Waals surface area contributed by atoms with Gasteiger partial charge in [0.2, 0.25) is 0 Å². The lowest BCUT2D eigenvalue weighted by molar-refractivity contribution is -0.113. The Morgan fingerprint density at radius 1 is 0.909 bits per heavy atom. The molecule has 0 saturated heterocycles. The van der Waals surface area contributed by atoms with E-state index in [4.69, 9.17) is 9.47 Å². The molecule has 3 aromatic carbocycles. The first-order valence-corrected chi connectivity index (χ1v) is 14.1. The van der Waals surface area contributed by atoms with Crippen molar-refractivity contribution in [3.8, 4) is 11.4 Å². The summed E-state index contributed by atoms with van der Waals surface area (Å²) in [6.45, 7) is 0.655. The fraction of sp³-hybridized carbons (Fsp3) is 0.147. The van der Waals surface area contributed by atoms with Gasteiger partial charge in [-0.15, -0.1) is 0 Å². The van der Waals surface area contributed by atoms with Gasteiger partial charge in [0.15, 0.2) is 11.6 Å². The molecule has 1 aliphatic rings. The van der Waals surface area contributed by atoms with Gasteiger partial charge in [0, 0.05) is 65.4 Å². The van der Waals surface area contributed by atoms with Gasteiger partial charge in [-0.1, -0.05) is 0 Å². The molecule has 0 unspecified atom stereocenters. The normalized spacial score (nSPS) is 12.8. The summed E-state index contributed by atoms with van der Waals surface area (Å²) in [6, 6.07) is 17.4. The lowest BCUT2D eigenvalue weighted by Gasteiger charge is -2.18. The zero-order valence-corrected chi connectivity index (χ0v) is 24.3. The van der Waals surface area contributed by atoms with Crippen molar-refractivity contribution in [3.63, 3.8) is 0 Å². The smallest absolute Gasteiger partial charge is 0.186 e. The Balaban J connectivity index is 1.34. The quantitative estimate of drug-likeness (QED) is 0.142. The number of ether oxygens (including phenoxy) is 2. The van der Waals surface area contributed by atoms with Crippen LogP contribution in [0.5, 0.6) is 5.75 Å². The van der Waals surface area contributed by atoms with Crippen LogP contribution in [0.3, 0.4) is 0 Å². The van der Waals surface area contributed by atoms with E-state index in [-0.39, 0.29) is 11.6 Å². The summed E-state index contributed by atoms with van der Waals surface area (Å²) < 4.78 is 12.8. The van der Waals surface area contributed by atoms with E-state index in [2.05, 4.69) is 25.6 Å². The van der Waals surface area contributed by atoms with Gasteiger partial charge in [0.25, 0.3) is 0 Å². The Morgan fingerprint density at radius 3 is 2.52 bits per heavy atom. The van der Waals surface area contributed by atoms with Gasteiger partial charge < -0.3 is 24.7 Å². The molecule has 0 fully saturated rings. The molecule has 0 spiro atoms. The number of allylic oxidation sites excluding steroid dienone is 4. The summed E-state index contributed by atoms with van der Waals surface area (Å²) in [7, 11) is 3.33. The van der Waals surface area contributed by atoms with Gasteiger partial charge >= 0.3 is 0 Å².